The lowest BCUT2D eigenvalue weighted by Gasteiger charge is -2.22. The van der Waals surface area contributed by atoms with Crippen LogP contribution in [0.25, 0.3) is 5.69 Å². The molecular formula is C23H25ClN4O2. The molecule has 4 rings (SSSR count). The van der Waals surface area contributed by atoms with Crippen molar-refractivity contribution in [1.82, 2.24) is 20.1 Å². The van der Waals surface area contributed by atoms with Crippen LogP contribution in [0.2, 0.25) is 5.02 Å². The third-order valence-corrected chi connectivity index (χ3v) is 5.92. The molecule has 1 amide bonds. The van der Waals surface area contributed by atoms with E-state index in [9.17, 15) is 4.79 Å². The van der Waals surface area contributed by atoms with Gasteiger partial charge in [-0.2, -0.15) is 0 Å². The van der Waals surface area contributed by atoms with Crippen LogP contribution in [0.4, 0.5) is 0 Å². The second-order valence-electron chi connectivity index (χ2n) is 7.56. The number of ether oxygens (including phenoxy) is 1. The predicted molar refractivity (Wildman–Crippen MR) is 117 cm³/mol. The molecule has 1 aliphatic rings. The Kier molecular flexibility index (Phi) is 5.77. The number of nitrogens with zero attached hydrogens (tertiary/aromatic N) is 3. The summed E-state index contributed by atoms with van der Waals surface area (Å²) in [5.41, 5.74) is 3.29. The van der Waals surface area contributed by atoms with Crippen LogP contribution in [0.15, 0.2) is 42.5 Å². The van der Waals surface area contributed by atoms with Gasteiger partial charge in [0.05, 0.1) is 12.8 Å². The number of carbonyl (C=O) groups excluding carboxylic acids is 1. The quantitative estimate of drug-likeness (QED) is 0.659. The van der Waals surface area contributed by atoms with E-state index in [1.54, 1.807) is 7.11 Å². The van der Waals surface area contributed by atoms with Crippen molar-refractivity contribution >= 4 is 17.5 Å². The van der Waals surface area contributed by atoms with E-state index in [4.69, 9.17) is 16.3 Å². The second-order valence-corrected chi connectivity index (χ2v) is 8.00. The number of amides is 1. The Labute approximate surface area is 181 Å². The number of rotatable bonds is 5. The van der Waals surface area contributed by atoms with Gasteiger partial charge in [0, 0.05) is 29.8 Å². The molecule has 0 radical (unpaired) electrons. The monoisotopic (exact) mass is 424 g/mol. The predicted octanol–water partition coefficient (Wildman–Crippen LogP) is 4.38. The Morgan fingerprint density at radius 3 is 2.70 bits per heavy atom. The third-order valence-electron chi connectivity index (χ3n) is 5.66. The highest BCUT2D eigenvalue weighted by molar-refractivity contribution is 6.30. The van der Waals surface area contributed by atoms with Crippen LogP contribution in [-0.2, 0) is 4.79 Å². The number of aryl methyl sites for hydroxylation is 1. The molecule has 1 aliphatic heterocycles. The zero-order valence-electron chi connectivity index (χ0n) is 17.4. The van der Waals surface area contributed by atoms with Gasteiger partial charge in [-0.25, -0.2) is 0 Å². The maximum Gasteiger partial charge on any atom is 0.220 e. The zero-order valence-corrected chi connectivity index (χ0v) is 18.1. The topological polar surface area (TPSA) is 69.0 Å². The van der Waals surface area contributed by atoms with E-state index >= 15 is 0 Å². The lowest BCUT2D eigenvalue weighted by atomic mass is 9.82. The molecule has 2 unspecified atom stereocenters. The highest BCUT2D eigenvalue weighted by Gasteiger charge is 2.33. The summed E-state index contributed by atoms with van der Waals surface area (Å²) in [5, 5.41) is 12.4. The number of methoxy groups -OCH3 is 1. The Balaban J connectivity index is 1.89. The van der Waals surface area contributed by atoms with Crippen molar-refractivity contribution in [2.45, 2.75) is 38.5 Å². The van der Waals surface area contributed by atoms with Gasteiger partial charge in [-0.15, -0.1) is 10.2 Å². The average Bonchev–Trinajstić information content (AvgIpc) is 3.06. The van der Waals surface area contributed by atoms with Crippen LogP contribution in [0.1, 0.15) is 54.4 Å². The number of aromatic nitrogens is 3. The Bertz CT molecular complexity index is 1060. The average molecular weight is 425 g/mol. The van der Waals surface area contributed by atoms with Crippen LogP contribution in [0.5, 0.6) is 5.75 Å². The minimum atomic E-state index is -0.0724. The maximum atomic E-state index is 12.5. The SMILES string of the molecule is CCNC(=O)CC1CC(c2ccc(Cl)cc2)c2cc(OC)ccc2-n2c(C)nnc21. The summed E-state index contributed by atoms with van der Waals surface area (Å²) >= 11 is 6.14. The van der Waals surface area contributed by atoms with Crippen molar-refractivity contribution in [3.63, 3.8) is 0 Å². The van der Waals surface area contributed by atoms with Crippen molar-refractivity contribution in [2.24, 2.45) is 0 Å². The highest BCUT2D eigenvalue weighted by atomic mass is 35.5. The number of benzene rings is 2. The lowest BCUT2D eigenvalue weighted by Crippen LogP contribution is -2.25. The normalized spacial score (nSPS) is 17.6. The first-order valence-electron chi connectivity index (χ1n) is 10.1. The summed E-state index contributed by atoms with van der Waals surface area (Å²) in [6.07, 6.45) is 1.10. The summed E-state index contributed by atoms with van der Waals surface area (Å²) < 4.78 is 7.60. The maximum absolute atomic E-state index is 12.5. The zero-order chi connectivity index (χ0) is 21.3. The van der Waals surface area contributed by atoms with Crippen molar-refractivity contribution in [2.75, 3.05) is 13.7 Å². The Hall–Kier alpha value is -2.86. The van der Waals surface area contributed by atoms with Crippen LogP contribution in [-0.4, -0.2) is 34.3 Å². The van der Waals surface area contributed by atoms with Gasteiger partial charge in [-0.3, -0.25) is 9.36 Å². The number of fused-ring (bicyclic) bond motifs is 3. The second kappa shape index (κ2) is 8.48. The number of hydrogen-bond acceptors (Lipinski definition) is 4. The minimum absolute atomic E-state index is 0.0214. The van der Waals surface area contributed by atoms with Gasteiger partial charge < -0.3 is 10.1 Å². The third kappa shape index (κ3) is 3.79. The van der Waals surface area contributed by atoms with Crippen LogP contribution >= 0.6 is 11.6 Å². The molecular weight excluding hydrogens is 400 g/mol. The van der Waals surface area contributed by atoms with Gasteiger partial charge in [0.2, 0.25) is 5.91 Å². The summed E-state index contributed by atoms with van der Waals surface area (Å²) in [7, 11) is 1.67. The Morgan fingerprint density at radius 1 is 1.23 bits per heavy atom. The van der Waals surface area contributed by atoms with Gasteiger partial charge in [-0.05, 0) is 61.7 Å². The number of halogens is 1. The summed E-state index contributed by atoms with van der Waals surface area (Å²) in [6, 6.07) is 14.0. The molecule has 2 atom stereocenters. The molecule has 1 N–H and O–H groups in total. The number of nitrogens with one attached hydrogen (secondary N) is 1. The molecule has 156 valence electrons. The van der Waals surface area contributed by atoms with E-state index < -0.39 is 0 Å². The molecule has 0 fully saturated rings. The lowest BCUT2D eigenvalue weighted by molar-refractivity contribution is -0.121. The van der Waals surface area contributed by atoms with Crippen molar-refractivity contribution in [3.8, 4) is 11.4 Å². The van der Waals surface area contributed by atoms with Gasteiger partial charge >= 0.3 is 0 Å². The molecule has 2 aromatic carbocycles. The van der Waals surface area contributed by atoms with Crippen molar-refractivity contribution < 1.29 is 9.53 Å². The fourth-order valence-electron chi connectivity index (χ4n) is 4.28. The molecule has 7 heteroatoms. The van der Waals surface area contributed by atoms with E-state index in [2.05, 4.69) is 38.3 Å². The number of carbonyl (C=O) groups is 1. The molecule has 0 saturated carbocycles. The molecule has 0 aliphatic carbocycles. The molecule has 0 bridgehead atoms. The van der Waals surface area contributed by atoms with E-state index in [0.29, 0.717) is 18.0 Å². The molecule has 6 nitrogen and oxygen atoms in total. The van der Waals surface area contributed by atoms with Gasteiger partial charge in [0.15, 0.2) is 0 Å². The van der Waals surface area contributed by atoms with Gasteiger partial charge in [0.25, 0.3) is 0 Å². The fourth-order valence-corrected chi connectivity index (χ4v) is 4.40. The smallest absolute Gasteiger partial charge is 0.220 e. The Morgan fingerprint density at radius 2 is 2.00 bits per heavy atom. The van der Waals surface area contributed by atoms with Crippen LogP contribution in [0, 0.1) is 6.92 Å². The molecule has 3 aromatic rings. The molecule has 0 saturated heterocycles. The first-order valence-corrected chi connectivity index (χ1v) is 10.5. The first kappa shape index (κ1) is 20.4. The molecule has 1 aromatic heterocycles. The summed E-state index contributed by atoms with van der Waals surface area (Å²) in [6.45, 7) is 4.47. The van der Waals surface area contributed by atoms with E-state index in [1.807, 2.05) is 38.1 Å². The van der Waals surface area contributed by atoms with E-state index in [-0.39, 0.29) is 17.7 Å². The summed E-state index contributed by atoms with van der Waals surface area (Å²) in [5.74, 6) is 2.43. The van der Waals surface area contributed by atoms with Crippen LogP contribution < -0.4 is 10.1 Å². The largest absolute Gasteiger partial charge is 0.497 e. The first-order chi connectivity index (χ1) is 14.5. The van der Waals surface area contributed by atoms with E-state index in [1.165, 1.54) is 0 Å². The standard InChI is InChI=1S/C23H25ClN4O2/c1-4-25-22(29)12-16-11-19(15-5-7-17(24)8-6-15)20-13-18(30-3)9-10-21(20)28-14(2)26-27-23(16)28/h5-10,13,16,19H,4,11-12H2,1-3H3,(H,25,29). The number of hydrogen-bond donors (Lipinski definition) is 1. The molecule has 0 spiro atoms. The highest BCUT2D eigenvalue weighted by Crippen LogP contribution is 2.44. The van der Waals surface area contributed by atoms with Gasteiger partial charge in [0.1, 0.15) is 17.4 Å². The minimum Gasteiger partial charge on any atom is -0.497 e. The van der Waals surface area contributed by atoms with Gasteiger partial charge in [-0.1, -0.05) is 23.7 Å². The fraction of sp³-hybridized carbons (Fsp3) is 0.348. The van der Waals surface area contributed by atoms with E-state index in [0.717, 1.165) is 40.6 Å². The van der Waals surface area contributed by atoms with Crippen molar-refractivity contribution in [1.29, 1.82) is 0 Å². The molecule has 2 heterocycles. The summed E-state index contributed by atoms with van der Waals surface area (Å²) in [4.78, 5) is 12.5. The molecule has 30 heavy (non-hydrogen) atoms. The van der Waals surface area contributed by atoms with Crippen LogP contribution in [0.3, 0.4) is 0 Å². The van der Waals surface area contributed by atoms with Crippen molar-refractivity contribution in [3.05, 3.63) is 70.3 Å².